The highest BCUT2D eigenvalue weighted by Gasteiger charge is 2.56. The molecule has 41 heavy (non-hydrogen) atoms. The minimum Gasteiger partial charge on any atom is -0.490 e. The number of thiazole rings is 1. The molecule has 3 aliphatic heterocycles. The number of amides is 3. The van der Waals surface area contributed by atoms with E-state index < -0.39 is 17.1 Å². The monoisotopic (exact) mass is 657 g/mol. The summed E-state index contributed by atoms with van der Waals surface area (Å²) >= 11 is 5.70. The predicted octanol–water partition coefficient (Wildman–Crippen LogP) is 4.78. The van der Waals surface area contributed by atoms with E-state index in [0.717, 1.165) is 58.6 Å². The topological polar surface area (TPSA) is 109 Å². The third-order valence-electron chi connectivity index (χ3n) is 7.60. The second kappa shape index (κ2) is 11.7. The molecule has 2 fully saturated rings. The first-order chi connectivity index (χ1) is 19.9. The summed E-state index contributed by atoms with van der Waals surface area (Å²) in [7, 11) is 0. The molecule has 3 amide bonds. The van der Waals surface area contributed by atoms with E-state index in [0.29, 0.717) is 28.8 Å². The van der Waals surface area contributed by atoms with E-state index in [-0.39, 0.29) is 29.2 Å². The lowest BCUT2D eigenvalue weighted by Crippen LogP contribution is -2.38. The Morgan fingerprint density at radius 2 is 1.76 bits per heavy atom. The number of likely N-dealkylation sites (tertiary alicyclic amines) is 1. The number of carbonyl (C=O) groups is 3. The van der Waals surface area contributed by atoms with E-state index in [4.69, 9.17) is 9.47 Å². The molecule has 6 rings (SSSR count). The van der Waals surface area contributed by atoms with E-state index >= 15 is 0 Å². The van der Waals surface area contributed by atoms with Crippen LogP contribution in [-0.4, -0.2) is 59.2 Å². The average Bonchev–Trinajstić information content (AvgIpc) is 3.47. The standard InChI is InChI=1S/C29H28BrN3O6S2/c1-2-38-20-14-16(6-11-19(20)39-15-21(34)32-12-4-3-5-13-32)22-23-25(40-26-24(22)41-29(37)31-26)28(36)33(27(23)35)18-9-7-17(30)8-10-18/h6-11,14,22-23,25H,2-5,12-13,15H2,1H3,(H,31,37)/t22-,23-,25+/m0/s1. The SMILES string of the molecule is CCOc1cc([C@@H]2c3sc(=O)[nH]c3S[C@H]3C(=O)N(c4ccc(Br)cc4)C(=O)[C@@H]23)ccc1OCC(=O)N1CCCCC1. The van der Waals surface area contributed by atoms with Gasteiger partial charge in [0.1, 0.15) is 5.25 Å². The van der Waals surface area contributed by atoms with Gasteiger partial charge in [-0.2, -0.15) is 0 Å². The molecule has 2 aromatic carbocycles. The van der Waals surface area contributed by atoms with Crippen LogP contribution in [-0.2, 0) is 14.4 Å². The third kappa shape index (κ3) is 5.32. The number of fused-ring (bicyclic) bond motifs is 2. The van der Waals surface area contributed by atoms with Crippen molar-refractivity contribution >= 4 is 62.4 Å². The molecule has 4 heterocycles. The highest BCUT2D eigenvalue weighted by molar-refractivity contribution is 9.10. The zero-order valence-electron chi connectivity index (χ0n) is 22.3. The van der Waals surface area contributed by atoms with Gasteiger partial charge in [-0.25, -0.2) is 4.90 Å². The molecule has 0 unspecified atom stereocenters. The number of nitrogens with zero attached hydrogens (tertiary/aromatic N) is 2. The molecule has 1 N–H and O–H groups in total. The van der Waals surface area contributed by atoms with Crippen molar-refractivity contribution in [2.24, 2.45) is 5.92 Å². The number of benzene rings is 2. The van der Waals surface area contributed by atoms with Gasteiger partial charge in [0.05, 0.1) is 23.2 Å². The van der Waals surface area contributed by atoms with Crippen molar-refractivity contribution in [2.75, 3.05) is 31.2 Å². The minimum atomic E-state index is -0.711. The predicted molar refractivity (Wildman–Crippen MR) is 160 cm³/mol. The number of hydrogen-bond acceptors (Lipinski definition) is 8. The van der Waals surface area contributed by atoms with Gasteiger partial charge in [-0.1, -0.05) is 45.1 Å². The number of aromatic nitrogens is 1. The van der Waals surface area contributed by atoms with Crippen LogP contribution in [0.3, 0.4) is 0 Å². The molecular weight excluding hydrogens is 630 g/mol. The maximum Gasteiger partial charge on any atom is 0.305 e. The number of nitrogens with one attached hydrogen (secondary N) is 1. The Balaban J connectivity index is 1.34. The van der Waals surface area contributed by atoms with Crippen molar-refractivity contribution < 1.29 is 23.9 Å². The van der Waals surface area contributed by atoms with Gasteiger partial charge in [-0.3, -0.25) is 19.2 Å². The van der Waals surface area contributed by atoms with Crippen molar-refractivity contribution in [3.63, 3.8) is 0 Å². The fourth-order valence-corrected chi connectivity index (χ4v) is 8.48. The number of imide groups is 1. The molecule has 9 nitrogen and oxygen atoms in total. The van der Waals surface area contributed by atoms with Crippen LogP contribution in [0, 0.1) is 5.92 Å². The fraction of sp³-hybridized carbons (Fsp3) is 0.379. The smallest absolute Gasteiger partial charge is 0.305 e. The van der Waals surface area contributed by atoms with Crippen LogP contribution in [0.5, 0.6) is 11.5 Å². The largest absolute Gasteiger partial charge is 0.490 e. The van der Waals surface area contributed by atoms with Crippen molar-refractivity contribution in [2.45, 2.75) is 42.4 Å². The van der Waals surface area contributed by atoms with Gasteiger partial charge in [0.25, 0.3) is 5.91 Å². The lowest BCUT2D eigenvalue weighted by molar-refractivity contribution is -0.134. The van der Waals surface area contributed by atoms with Gasteiger partial charge in [0.15, 0.2) is 18.1 Å². The number of thioether (sulfide) groups is 1. The van der Waals surface area contributed by atoms with E-state index in [1.165, 1.54) is 16.7 Å². The first-order valence-corrected chi connectivity index (χ1v) is 16.0. The van der Waals surface area contributed by atoms with E-state index in [9.17, 15) is 19.2 Å². The normalized spacial score (nSPS) is 22.0. The van der Waals surface area contributed by atoms with Gasteiger partial charge in [0, 0.05) is 28.4 Å². The maximum atomic E-state index is 13.9. The summed E-state index contributed by atoms with van der Waals surface area (Å²) in [4.78, 5) is 59.1. The molecule has 3 aliphatic rings. The molecule has 12 heteroatoms. The molecule has 0 saturated carbocycles. The van der Waals surface area contributed by atoms with Crippen LogP contribution >= 0.6 is 39.0 Å². The number of anilines is 1. The van der Waals surface area contributed by atoms with Gasteiger partial charge < -0.3 is 19.4 Å². The Hall–Kier alpha value is -3.09. The van der Waals surface area contributed by atoms with Gasteiger partial charge in [-0.15, -0.1) is 0 Å². The van der Waals surface area contributed by atoms with Crippen LogP contribution in [0.25, 0.3) is 0 Å². The number of carbonyl (C=O) groups excluding carboxylic acids is 3. The number of piperidine rings is 1. The van der Waals surface area contributed by atoms with Crippen LogP contribution < -0.4 is 19.2 Å². The van der Waals surface area contributed by atoms with Gasteiger partial charge >= 0.3 is 4.87 Å². The molecule has 0 spiro atoms. The number of halogens is 1. The molecule has 3 atom stereocenters. The third-order valence-corrected chi connectivity index (χ3v) is 10.5. The van der Waals surface area contributed by atoms with Crippen molar-refractivity contribution in [1.29, 1.82) is 0 Å². The van der Waals surface area contributed by atoms with Crippen molar-refractivity contribution in [3.05, 3.63) is 67.0 Å². The summed E-state index contributed by atoms with van der Waals surface area (Å²) in [6.45, 7) is 3.61. The Labute approximate surface area is 253 Å². The Morgan fingerprint density at radius 1 is 1.00 bits per heavy atom. The Kier molecular flexibility index (Phi) is 7.97. The second-order valence-electron chi connectivity index (χ2n) is 10.1. The van der Waals surface area contributed by atoms with Crippen LogP contribution in [0.1, 0.15) is 42.5 Å². The number of hydrogen-bond donors (Lipinski definition) is 1. The van der Waals surface area contributed by atoms with Crippen molar-refractivity contribution in [1.82, 2.24) is 9.88 Å². The quantitative estimate of drug-likeness (QED) is 0.364. The molecule has 0 aliphatic carbocycles. The average molecular weight is 659 g/mol. The molecule has 0 radical (unpaired) electrons. The first-order valence-electron chi connectivity index (χ1n) is 13.6. The van der Waals surface area contributed by atoms with Gasteiger partial charge in [-0.05, 0) is 68.1 Å². The number of ether oxygens (including phenoxy) is 2. The minimum absolute atomic E-state index is 0.0618. The zero-order valence-corrected chi connectivity index (χ0v) is 25.5. The van der Waals surface area contributed by atoms with Gasteiger partial charge in [0.2, 0.25) is 11.8 Å². The molecule has 2 saturated heterocycles. The molecule has 3 aromatic rings. The Bertz CT molecular complexity index is 1550. The summed E-state index contributed by atoms with van der Waals surface area (Å²) < 4.78 is 12.7. The highest BCUT2D eigenvalue weighted by atomic mass is 79.9. The molecule has 214 valence electrons. The fourth-order valence-electron chi connectivity index (χ4n) is 5.70. The van der Waals surface area contributed by atoms with Crippen molar-refractivity contribution in [3.8, 4) is 11.5 Å². The van der Waals surface area contributed by atoms with Crippen LogP contribution in [0.15, 0.2) is 56.8 Å². The lowest BCUT2D eigenvalue weighted by Gasteiger charge is -2.30. The summed E-state index contributed by atoms with van der Waals surface area (Å²) in [6.07, 6.45) is 3.13. The second-order valence-corrected chi connectivity index (χ2v) is 13.2. The molecule has 1 aromatic heterocycles. The summed E-state index contributed by atoms with van der Waals surface area (Å²) in [6, 6.07) is 12.4. The highest BCUT2D eigenvalue weighted by Crippen LogP contribution is 2.53. The maximum absolute atomic E-state index is 13.9. The molecular formula is C29H28BrN3O6S2. The van der Waals surface area contributed by atoms with E-state index in [2.05, 4.69) is 20.9 Å². The van der Waals surface area contributed by atoms with Crippen LogP contribution in [0.2, 0.25) is 0 Å². The number of H-pyrrole nitrogens is 1. The van der Waals surface area contributed by atoms with Crippen LogP contribution in [0.4, 0.5) is 5.69 Å². The number of rotatable bonds is 7. The van der Waals surface area contributed by atoms with E-state index in [1.54, 1.807) is 36.4 Å². The van der Waals surface area contributed by atoms with E-state index in [1.807, 2.05) is 17.9 Å². The number of aromatic amines is 1. The summed E-state index contributed by atoms with van der Waals surface area (Å²) in [5, 5.41) is -0.0852. The summed E-state index contributed by atoms with van der Waals surface area (Å²) in [5.74, 6) is -1.06. The summed E-state index contributed by atoms with van der Waals surface area (Å²) in [5.41, 5.74) is 1.24. The Morgan fingerprint density at radius 3 is 2.49 bits per heavy atom. The molecule has 0 bridgehead atoms. The lowest BCUT2D eigenvalue weighted by atomic mass is 9.83. The first kappa shape index (κ1) is 28.0. The zero-order chi connectivity index (χ0) is 28.7.